The summed E-state index contributed by atoms with van der Waals surface area (Å²) in [6.07, 6.45) is 2.64. The van der Waals surface area contributed by atoms with Crippen LogP contribution in [0.3, 0.4) is 0 Å². The SMILES string of the molecule is C[C@@H]1[C@@H](Cc2ccccc2)CCN1C(=O)CCN. The van der Waals surface area contributed by atoms with Crippen molar-refractivity contribution in [2.75, 3.05) is 13.1 Å². The molecule has 0 spiro atoms. The van der Waals surface area contributed by atoms with E-state index in [1.165, 1.54) is 5.56 Å². The van der Waals surface area contributed by atoms with Gasteiger partial charge in [0.1, 0.15) is 0 Å². The van der Waals surface area contributed by atoms with E-state index in [1.807, 2.05) is 11.0 Å². The third-order valence-corrected chi connectivity index (χ3v) is 3.93. The smallest absolute Gasteiger partial charge is 0.224 e. The molecule has 1 aliphatic rings. The molecule has 2 rings (SSSR count). The fraction of sp³-hybridized carbons (Fsp3) is 0.533. The zero-order chi connectivity index (χ0) is 13.0. The average Bonchev–Trinajstić information content (AvgIpc) is 2.73. The maximum Gasteiger partial charge on any atom is 0.224 e. The molecule has 0 radical (unpaired) electrons. The van der Waals surface area contributed by atoms with Crippen molar-refractivity contribution in [3.8, 4) is 0 Å². The quantitative estimate of drug-likeness (QED) is 0.880. The standard InChI is InChI=1S/C15H22N2O/c1-12-14(11-13-5-3-2-4-6-13)8-10-17(12)15(18)7-9-16/h2-6,12,14H,7-11,16H2,1H3/t12-,14-/m1/s1. The molecule has 98 valence electrons. The lowest BCUT2D eigenvalue weighted by molar-refractivity contribution is -0.131. The minimum absolute atomic E-state index is 0.209. The number of hydrogen-bond donors (Lipinski definition) is 1. The second-order valence-corrected chi connectivity index (χ2v) is 5.10. The monoisotopic (exact) mass is 246 g/mol. The van der Waals surface area contributed by atoms with Crippen LogP contribution >= 0.6 is 0 Å². The summed E-state index contributed by atoms with van der Waals surface area (Å²) in [5.41, 5.74) is 6.82. The van der Waals surface area contributed by atoms with E-state index in [-0.39, 0.29) is 5.91 Å². The Kier molecular flexibility index (Phi) is 4.37. The molecule has 3 nitrogen and oxygen atoms in total. The fourth-order valence-electron chi connectivity index (χ4n) is 2.81. The molecule has 18 heavy (non-hydrogen) atoms. The molecule has 0 unspecified atom stereocenters. The van der Waals surface area contributed by atoms with Gasteiger partial charge in [-0.2, -0.15) is 0 Å². The lowest BCUT2D eigenvalue weighted by Crippen LogP contribution is -2.37. The van der Waals surface area contributed by atoms with Crippen LogP contribution in [0.1, 0.15) is 25.3 Å². The number of nitrogens with zero attached hydrogens (tertiary/aromatic N) is 1. The molecule has 1 heterocycles. The molecule has 3 heteroatoms. The van der Waals surface area contributed by atoms with Gasteiger partial charge in [0, 0.05) is 25.6 Å². The first kappa shape index (κ1) is 13.1. The summed E-state index contributed by atoms with van der Waals surface area (Å²) in [6.45, 7) is 3.50. The predicted molar refractivity (Wildman–Crippen MR) is 73.1 cm³/mol. The topological polar surface area (TPSA) is 46.3 Å². The van der Waals surface area contributed by atoms with Crippen molar-refractivity contribution in [2.45, 2.75) is 32.2 Å². The summed E-state index contributed by atoms with van der Waals surface area (Å²) in [5.74, 6) is 0.787. The van der Waals surface area contributed by atoms with Crippen molar-refractivity contribution >= 4 is 5.91 Å². The lowest BCUT2D eigenvalue weighted by Gasteiger charge is -2.24. The molecule has 1 amide bonds. The molecule has 0 saturated carbocycles. The first-order valence-electron chi connectivity index (χ1n) is 6.76. The van der Waals surface area contributed by atoms with Gasteiger partial charge in [0.15, 0.2) is 0 Å². The van der Waals surface area contributed by atoms with Gasteiger partial charge in [-0.05, 0) is 31.2 Å². The number of benzene rings is 1. The fourth-order valence-corrected chi connectivity index (χ4v) is 2.81. The lowest BCUT2D eigenvalue weighted by atomic mass is 9.93. The second-order valence-electron chi connectivity index (χ2n) is 5.10. The average molecular weight is 246 g/mol. The van der Waals surface area contributed by atoms with Crippen molar-refractivity contribution in [3.05, 3.63) is 35.9 Å². The van der Waals surface area contributed by atoms with E-state index in [4.69, 9.17) is 5.73 Å². The molecule has 2 atom stereocenters. The van der Waals surface area contributed by atoms with E-state index in [9.17, 15) is 4.79 Å². The number of amides is 1. The molecule has 0 aromatic heterocycles. The maximum atomic E-state index is 11.9. The van der Waals surface area contributed by atoms with Crippen LogP contribution in [-0.4, -0.2) is 29.9 Å². The van der Waals surface area contributed by atoms with Gasteiger partial charge in [-0.3, -0.25) is 4.79 Å². The van der Waals surface area contributed by atoms with Gasteiger partial charge >= 0.3 is 0 Å². The highest BCUT2D eigenvalue weighted by atomic mass is 16.2. The van der Waals surface area contributed by atoms with Crippen molar-refractivity contribution < 1.29 is 4.79 Å². The third kappa shape index (κ3) is 2.91. The van der Waals surface area contributed by atoms with Crippen LogP contribution in [0.4, 0.5) is 0 Å². The van der Waals surface area contributed by atoms with Gasteiger partial charge in [-0.1, -0.05) is 30.3 Å². The second kappa shape index (κ2) is 6.01. The van der Waals surface area contributed by atoms with E-state index < -0.39 is 0 Å². The summed E-state index contributed by atoms with van der Waals surface area (Å²) in [6, 6.07) is 10.9. The summed E-state index contributed by atoms with van der Waals surface area (Å²) in [5, 5.41) is 0. The molecular formula is C15H22N2O. The van der Waals surface area contributed by atoms with Crippen LogP contribution in [0.2, 0.25) is 0 Å². The first-order chi connectivity index (χ1) is 8.72. The van der Waals surface area contributed by atoms with Crippen LogP contribution in [0, 0.1) is 5.92 Å². The Balaban J connectivity index is 1.95. The number of nitrogens with two attached hydrogens (primary N) is 1. The van der Waals surface area contributed by atoms with Gasteiger partial charge in [0.25, 0.3) is 0 Å². The zero-order valence-corrected chi connectivity index (χ0v) is 11.0. The molecule has 1 aromatic carbocycles. The normalized spacial score (nSPS) is 23.3. The molecule has 1 fully saturated rings. The minimum atomic E-state index is 0.209. The Labute approximate surface area is 109 Å². The Morgan fingerprint density at radius 3 is 2.78 bits per heavy atom. The van der Waals surface area contributed by atoms with Gasteiger partial charge in [0.05, 0.1) is 0 Å². The number of rotatable bonds is 4. The van der Waals surface area contributed by atoms with E-state index >= 15 is 0 Å². The third-order valence-electron chi connectivity index (χ3n) is 3.93. The van der Waals surface area contributed by atoms with Gasteiger partial charge in [-0.15, -0.1) is 0 Å². The zero-order valence-electron chi connectivity index (χ0n) is 11.0. The Morgan fingerprint density at radius 2 is 2.11 bits per heavy atom. The van der Waals surface area contributed by atoms with Crippen LogP contribution in [0.15, 0.2) is 30.3 Å². The van der Waals surface area contributed by atoms with Crippen molar-refractivity contribution in [3.63, 3.8) is 0 Å². The number of likely N-dealkylation sites (tertiary alicyclic amines) is 1. The van der Waals surface area contributed by atoms with E-state index in [1.54, 1.807) is 0 Å². The molecule has 0 bridgehead atoms. The Bertz CT molecular complexity index is 391. The maximum absolute atomic E-state index is 11.9. The van der Waals surface area contributed by atoms with E-state index in [0.717, 1.165) is 19.4 Å². The van der Waals surface area contributed by atoms with Crippen LogP contribution in [0.25, 0.3) is 0 Å². The molecule has 1 aliphatic heterocycles. The van der Waals surface area contributed by atoms with Gasteiger partial charge in [-0.25, -0.2) is 0 Å². The van der Waals surface area contributed by atoms with Crippen LogP contribution in [-0.2, 0) is 11.2 Å². The summed E-state index contributed by atoms with van der Waals surface area (Å²) < 4.78 is 0. The molecule has 1 aromatic rings. The Hall–Kier alpha value is -1.35. The summed E-state index contributed by atoms with van der Waals surface area (Å²) in [7, 11) is 0. The van der Waals surface area contributed by atoms with E-state index in [0.29, 0.717) is 24.9 Å². The highest BCUT2D eigenvalue weighted by Crippen LogP contribution is 2.27. The van der Waals surface area contributed by atoms with Crippen molar-refractivity contribution in [1.82, 2.24) is 4.90 Å². The molecule has 0 aliphatic carbocycles. The van der Waals surface area contributed by atoms with Crippen LogP contribution in [0.5, 0.6) is 0 Å². The van der Waals surface area contributed by atoms with E-state index in [2.05, 4.69) is 31.2 Å². The minimum Gasteiger partial charge on any atom is -0.340 e. The number of carbonyl (C=O) groups excluding carboxylic acids is 1. The van der Waals surface area contributed by atoms with Gasteiger partial charge in [0.2, 0.25) is 5.91 Å². The Morgan fingerprint density at radius 1 is 1.39 bits per heavy atom. The molecule has 2 N–H and O–H groups in total. The van der Waals surface area contributed by atoms with Crippen molar-refractivity contribution in [1.29, 1.82) is 0 Å². The van der Waals surface area contributed by atoms with Gasteiger partial charge < -0.3 is 10.6 Å². The summed E-state index contributed by atoms with van der Waals surface area (Å²) >= 11 is 0. The highest BCUT2D eigenvalue weighted by Gasteiger charge is 2.32. The molecule has 1 saturated heterocycles. The molecular weight excluding hydrogens is 224 g/mol. The highest BCUT2D eigenvalue weighted by molar-refractivity contribution is 5.77. The number of hydrogen-bond acceptors (Lipinski definition) is 2. The summed E-state index contributed by atoms with van der Waals surface area (Å²) in [4.78, 5) is 13.9. The van der Waals surface area contributed by atoms with Crippen LogP contribution < -0.4 is 5.73 Å². The van der Waals surface area contributed by atoms with Crippen molar-refractivity contribution in [2.24, 2.45) is 11.7 Å². The first-order valence-corrected chi connectivity index (χ1v) is 6.76. The largest absolute Gasteiger partial charge is 0.340 e. The number of carbonyl (C=O) groups is 1. The predicted octanol–water partition coefficient (Wildman–Crippen LogP) is 1.81.